The van der Waals surface area contributed by atoms with Crippen molar-refractivity contribution in [2.45, 2.75) is 65.2 Å². The van der Waals surface area contributed by atoms with Crippen molar-refractivity contribution < 1.29 is 24.3 Å². The number of nitrogens with one attached hydrogen (secondary N) is 4. The van der Waals surface area contributed by atoms with Gasteiger partial charge in [-0.2, -0.15) is 0 Å². The molecule has 0 aliphatic rings. The van der Waals surface area contributed by atoms with Gasteiger partial charge >= 0.3 is 5.97 Å². The number of carboxylic acids is 1. The number of amides is 3. The van der Waals surface area contributed by atoms with E-state index in [-0.39, 0.29) is 18.3 Å². The normalized spacial score (nSPS) is 14.9. The first kappa shape index (κ1) is 26.8. The Labute approximate surface area is 199 Å². The molecule has 10 nitrogen and oxygen atoms in total. The van der Waals surface area contributed by atoms with Crippen LogP contribution in [0.5, 0.6) is 0 Å². The predicted molar refractivity (Wildman–Crippen MR) is 129 cm³/mol. The molecule has 0 bridgehead atoms. The lowest BCUT2D eigenvalue weighted by molar-refractivity contribution is -0.142. The van der Waals surface area contributed by atoms with Gasteiger partial charge in [0.1, 0.15) is 18.1 Å². The fraction of sp³-hybridized carbons (Fsp3) is 0.500. The van der Waals surface area contributed by atoms with Crippen molar-refractivity contribution in [2.24, 2.45) is 17.6 Å². The van der Waals surface area contributed by atoms with E-state index in [0.29, 0.717) is 0 Å². The van der Waals surface area contributed by atoms with E-state index in [4.69, 9.17) is 5.73 Å². The number of nitrogens with two attached hydrogens (primary N) is 1. The zero-order chi connectivity index (χ0) is 25.6. The van der Waals surface area contributed by atoms with Crippen molar-refractivity contribution in [1.82, 2.24) is 20.9 Å². The summed E-state index contributed by atoms with van der Waals surface area (Å²) in [5, 5.41) is 18.2. The van der Waals surface area contributed by atoms with Crippen LogP contribution in [0.2, 0.25) is 0 Å². The average molecular weight is 474 g/mol. The number of carbonyl (C=O) groups excluding carboxylic acids is 3. The Morgan fingerprint density at radius 1 is 0.912 bits per heavy atom. The van der Waals surface area contributed by atoms with Crippen LogP contribution in [0.3, 0.4) is 0 Å². The number of fused-ring (bicyclic) bond motifs is 1. The monoisotopic (exact) mass is 473 g/mol. The van der Waals surface area contributed by atoms with Gasteiger partial charge in [0.15, 0.2) is 0 Å². The fourth-order valence-electron chi connectivity index (χ4n) is 3.47. The molecule has 186 valence electrons. The molecule has 7 N–H and O–H groups in total. The number of rotatable bonds is 11. The molecule has 1 heterocycles. The maximum absolute atomic E-state index is 12.8. The third-order valence-corrected chi connectivity index (χ3v) is 5.73. The van der Waals surface area contributed by atoms with E-state index < -0.39 is 47.9 Å². The zero-order valence-electron chi connectivity index (χ0n) is 20.2. The smallest absolute Gasteiger partial charge is 0.326 e. The molecule has 0 spiro atoms. The Kier molecular flexibility index (Phi) is 9.19. The topological polar surface area (TPSA) is 166 Å². The number of benzene rings is 1. The minimum absolute atomic E-state index is 0.0729. The standard InChI is InChI=1S/C24H35N5O5/c1-12(2)19(25)22(31)29-20(13(3)4)23(32)27-14(5)21(30)28-18(24(33)34)10-15-11-26-17-9-7-6-8-16(15)17/h6-9,11-14,18-20,26H,10,25H2,1-5H3,(H,27,32)(H,28,30)(H,29,31)(H,33,34). The molecule has 0 saturated heterocycles. The van der Waals surface area contributed by atoms with Crippen molar-refractivity contribution >= 4 is 34.6 Å². The van der Waals surface area contributed by atoms with Crippen LogP contribution in [-0.4, -0.2) is 57.9 Å². The van der Waals surface area contributed by atoms with E-state index in [1.165, 1.54) is 6.92 Å². The number of hydrogen-bond donors (Lipinski definition) is 6. The van der Waals surface area contributed by atoms with Gasteiger partial charge in [-0.25, -0.2) is 4.79 Å². The Morgan fingerprint density at radius 3 is 2.15 bits per heavy atom. The largest absolute Gasteiger partial charge is 0.480 e. The van der Waals surface area contributed by atoms with Crippen LogP contribution < -0.4 is 21.7 Å². The van der Waals surface area contributed by atoms with Crippen LogP contribution in [0.25, 0.3) is 10.9 Å². The first-order valence-corrected chi connectivity index (χ1v) is 11.4. The van der Waals surface area contributed by atoms with E-state index in [1.807, 2.05) is 24.3 Å². The Balaban J connectivity index is 2.03. The molecular formula is C24H35N5O5. The maximum Gasteiger partial charge on any atom is 0.326 e. The first-order valence-electron chi connectivity index (χ1n) is 11.4. The van der Waals surface area contributed by atoms with Crippen LogP contribution in [0.1, 0.15) is 40.2 Å². The number of aromatic amines is 1. The number of para-hydroxylation sites is 1. The lowest BCUT2D eigenvalue weighted by atomic mass is 10.00. The number of aliphatic carboxylic acids is 1. The number of H-pyrrole nitrogens is 1. The van der Waals surface area contributed by atoms with Gasteiger partial charge in [0.05, 0.1) is 6.04 Å². The molecule has 2 aromatic rings. The summed E-state index contributed by atoms with van der Waals surface area (Å²) in [6.07, 6.45) is 1.79. The highest BCUT2D eigenvalue weighted by molar-refractivity contribution is 5.94. The fourth-order valence-corrected chi connectivity index (χ4v) is 3.47. The van der Waals surface area contributed by atoms with Crippen LogP contribution >= 0.6 is 0 Å². The van der Waals surface area contributed by atoms with E-state index in [0.717, 1.165) is 16.5 Å². The van der Waals surface area contributed by atoms with Gasteiger partial charge in [-0.3, -0.25) is 14.4 Å². The van der Waals surface area contributed by atoms with Gasteiger partial charge in [0.25, 0.3) is 0 Å². The van der Waals surface area contributed by atoms with Crippen LogP contribution in [0.4, 0.5) is 0 Å². The van der Waals surface area contributed by atoms with Gasteiger partial charge in [-0.1, -0.05) is 45.9 Å². The van der Waals surface area contributed by atoms with Crippen molar-refractivity contribution in [2.75, 3.05) is 0 Å². The number of carbonyl (C=O) groups is 4. The highest BCUT2D eigenvalue weighted by Crippen LogP contribution is 2.19. The second-order valence-corrected chi connectivity index (χ2v) is 9.19. The predicted octanol–water partition coefficient (Wildman–Crippen LogP) is 0.909. The Bertz CT molecular complexity index is 1030. The first-order chi connectivity index (χ1) is 15.9. The summed E-state index contributed by atoms with van der Waals surface area (Å²) in [6, 6.07) is 3.60. The molecule has 0 saturated carbocycles. The molecule has 1 aromatic heterocycles. The van der Waals surface area contributed by atoms with Gasteiger partial charge in [-0.05, 0) is 30.4 Å². The summed E-state index contributed by atoms with van der Waals surface area (Å²) in [6.45, 7) is 8.58. The van der Waals surface area contributed by atoms with E-state index >= 15 is 0 Å². The van der Waals surface area contributed by atoms with Crippen LogP contribution in [-0.2, 0) is 25.6 Å². The summed E-state index contributed by atoms with van der Waals surface area (Å²) in [5.41, 5.74) is 7.49. The molecule has 4 atom stereocenters. The van der Waals surface area contributed by atoms with Crippen molar-refractivity contribution in [3.05, 3.63) is 36.0 Å². The maximum atomic E-state index is 12.8. The van der Waals surface area contributed by atoms with Crippen molar-refractivity contribution in [1.29, 1.82) is 0 Å². The van der Waals surface area contributed by atoms with Crippen molar-refractivity contribution in [3.8, 4) is 0 Å². The van der Waals surface area contributed by atoms with Crippen molar-refractivity contribution in [3.63, 3.8) is 0 Å². The van der Waals surface area contributed by atoms with E-state index in [9.17, 15) is 24.3 Å². The summed E-state index contributed by atoms with van der Waals surface area (Å²) in [4.78, 5) is 52.7. The highest BCUT2D eigenvalue weighted by atomic mass is 16.4. The summed E-state index contributed by atoms with van der Waals surface area (Å²) >= 11 is 0. The van der Waals surface area contributed by atoms with E-state index in [1.54, 1.807) is 33.9 Å². The molecule has 0 aliphatic heterocycles. The lowest BCUT2D eigenvalue weighted by Crippen LogP contribution is -2.58. The van der Waals surface area contributed by atoms with Gasteiger partial charge in [0, 0.05) is 23.5 Å². The summed E-state index contributed by atoms with van der Waals surface area (Å²) < 4.78 is 0. The molecule has 34 heavy (non-hydrogen) atoms. The molecule has 0 fully saturated rings. The third kappa shape index (κ3) is 6.80. The Morgan fingerprint density at radius 2 is 1.56 bits per heavy atom. The molecule has 0 aliphatic carbocycles. The molecule has 3 amide bonds. The minimum atomic E-state index is -1.19. The molecule has 1 aromatic carbocycles. The number of hydrogen-bond acceptors (Lipinski definition) is 5. The zero-order valence-corrected chi connectivity index (χ0v) is 20.2. The third-order valence-electron chi connectivity index (χ3n) is 5.73. The summed E-state index contributed by atoms with van der Waals surface area (Å²) in [7, 11) is 0. The Hall–Kier alpha value is -3.40. The quantitative estimate of drug-likeness (QED) is 0.284. The van der Waals surface area contributed by atoms with Gasteiger partial charge in [-0.15, -0.1) is 0 Å². The molecule has 0 radical (unpaired) electrons. The SMILES string of the molecule is CC(NC(=O)C(NC(=O)C(N)C(C)C)C(C)C)C(=O)NC(Cc1c[nH]c2ccccc12)C(=O)O. The number of carboxylic acid groups (broad SMARTS) is 1. The minimum Gasteiger partial charge on any atom is -0.480 e. The average Bonchev–Trinajstić information content (AvgIpc) is 3.18. The highest BCUT2D eigenvalue weighted by Gasteiger charge is 2.30. The van der Waals surface area contributed by atoms with E-state index in [2.05, 4.69) is 20.9 Å². The summed E-state index contributed by atoms with van der Waals surface area (Å²) in [5.74, 6) is -3.20. The molecule has 2 rings (SSSR count). The molecule has 10 heteroatoms. The van der Waals surface area contributed by atoms with Gasteiger partial charge < -0.3 is 31.8 Å². The molecule has 4 unspecified atom stereocenters. The van der Waals surface area contributed by atoms with Crippen LogP contribution in [0.15, 0.2) is 30.5 Å². The lowest BCUT2D eigenvalue weighted by Gasteiger charge is -2.26. The number of aromatic nitrogens is 1. The van der Waals surface area contributed by atoms with Crippen LogP contribution in [0, 0.1) is 11.8 Å². The van der Waals surface area contributed by atoms with Gasteiger partial charge in [0.2, 0.25) is 17.7 Å². The second kappa shape index (κ2) is 11.6. The second-order valence-electron chi connectivity index (χ2n) is 9.19. The molecular weight excluding hydrogens is 438 g/mol.